The van der Waals surface area contributed by atoms with E-state index >= 15 is 0 Å². The Bertz CT molecular complexity index is 1380. The molecule has 0 saturated carbocycles. The van der Waals surface area contributed by atoms with Gasteiger partial charge in [0.1, 0.15) is 11.5 Å². The van der Waals surface area contributed by atoms with Crippen LogP contribution < -0.4 is 14.5 Å². The van der Waals surface area contributed by atoms with Crippen molar-refractivity contribution in [3.05, 3.63) is 94.6 Å². The first-order chi connectivity index (χ1) is 17.4. The number of carbonyl (C=O) groups is 2. The number of alkyl halides is 3. The van der Waals surface area contributed by atoms with Crippen molar-refractivity contribution < 1.29 is 32.6 Å². The van der Waals surface area contributed by atoms with Crippen LogP contribution in [0.15, 0.2) is 72.3 Å². The van der Waals surface area contributed by atoms with Crippen LogP contribution in [0.3, 0.4) is 0 Å². The first-order valence-corrected chi connectivity index (χ1v) is 11.3. The monoisotopic (exact) mass is 510 g/mol. The Hall–Kier alpha value is -4.27. The zero-order valence-electron chi connectivity index (χ0n) is 20.6. The molecule has 1 N–H and O–H groups in total. The third-order valence-electron chi connectivity index (χ3n) is 6.33. The number of ether oxygens (including phenoxy) is 1. The third kappa shape index (κ3) is 4.76. The van der Waals surface area contributed by atoms with Crippen molar-refractivity contribution in [3.63, 3.8) is 0 Å². The maximum absolute atomic E-state index is 13.3. The van der Waals surface area contributed by atoms with Crippen LogP contribution in [0.5, 0.6) is 5.75 Å². The van der Waals surface area contributed by atoms with Gasteiger partial charge < -0.3 is 14.7 Å². The van der Waals surface area contributed by atoms with E-state index in [2.05, 4.69) is 0 Å². The number of nitrogens with zero attached hydrogens (tertiary/aromatic N) is 2. The van der Waals surface area contributed by atoms with Crippen LogP contribution >= 0.6 is 0 Å². The average Bonchev–Trinajstić information content (AvgIpc) is 3.13. The number of hydrogen-bond acceptors (Lipinski definition) is 5. The van der Waals surface area contributed by atoms with Crippen LogP contribution in [-0.4, -0.2) is 38.0 Å². The summed E-state index contributed by atoms with van der Waals surface area (Å²) in [7, 11) is 5.22. The Morgan fingerprint density at radius 1 is 0.973 bits per heavy atom. The van der Waals surface area contributed by atoms with Gasteiger partial charge in [-0.1, -0.05) is 12.1 Å². The molecule has 6 nitrogen and oxygen atoms in total. The normalized spacial score (nSPS) is 17.3. The Morgan fingerprint density at radius 2 is 1.59 bits per heavy atom. The Kier molecular flexibility index (Phi) is 6.73. The smallest absolute Gasteiger partial charge is 0.416 e. The second-order valence-electron chi connectivity index (χ2n) is 8.88. The molecule has 3 aromatic rings. The number of ketones is 1. The molecule has 3 aromatic carbocycles. The minimum Gasteiger partial charge on any atom is -0.507 e. The quantitative estimate of drug-likeness (QED) is 0.270. The summed E-state index contributed by atoms with van der Waals surface area (Å²) in [5.41, 5.74) is 1.38. The minimum absolute atomic E-state index is 0.0993. The van der Waals surface area contributed by atoms with Gasteiger partial charge in [0.05, 0.1) is 24.3 Å². The predicted molar refractivity (Wildman–Crippen MR) is 135 cm³/mol. The number of aliphatic hydroxyl groups is 1. The van der Waals surface area contributed by atoms with Crippen molar-refractivity contribution in [2.75, 3.05) is 31.0 Å². The van der Waals surface area contributed by atoms with Gasteiger partial charge >= 0.3 is 6.18 Å². The van der Waals surface area contributed by atoms with E-state index in [1.165, 1.54) is 7.11 Å². The van der Waals surface area contributed by atoms with Gasteiger partial charge in [-0.15, -0.1) is 0 Å². The number of amides is 1. The number of aryl methyl sites for hydroxylation is 1. The molecular weight excluding hydrogens is 485 g/mol. The van der Waals surface area contributed by atoms with Gasteiger partial charge in [0.2, 0.25) is 0 Å². The zero-order chi connectivity index (χ0) is 27.1. The SMILES string of the molecule is COc1ccc(/C(O)=C2/C(=O)C(=O)N(c3ccc(C(F)(F)F)cc3)C2c2ccc(N(C)C)cc2)c(C)c1. The minimum atomic E-state index is -4.56. The highest BCUT2D eigenvalue weighted by Gasteiger charge is 2.47. The number of aliphatic hydroxyl groups excluding tert-OH is 1. The maximum Gasteiger partial charge on any atom is 0.416 e. The number of benzene rings is 3. The topological polar surface area (TPSA) is 70.1 Å². The summed E-state index contributed by atoms with van der Waals surface area (Å²) in [5.74, 6) is -1.71. The first-order valence-electron chi connectivity index (χ1n) is 11.3. The van der Waals surface area contributed by atoms with E-state index in [1.807, 2.05) is 19.0 Å². The van der Waals surface area contributed by atoms with Crippen LogP contribution in [0.2, 0.25) is 0 Å². The van der Waals surface area contributed by atoms with Crippen molar-refractivity contribution in [2.24, 2.45) is 0 Å². The number of carbonyl (C=O) groups excluding carboxylic acids is 2. The van der Waals surface area contributed by atoms with Gasteiger partial charge in [-0.25, -0.2) is 0 Å². The lowest BCUT2D eigenvalue weighted by molar-refractivity contribution is -0.137. The zero-order valence-corrected chi connectivity index (χ0v) is 20.6. The second kappa shape index (κ2) is 9.65. The van der Waals surface area contributed by atoms with Gasteiger partial charge in [-0.05, 0) is 72.6 Å². The fourth-order valence-corrected chi connectivity index (χ4v) is 4.35. The van der Waals surface area contributed by atoms with Crippen molar-refractivity contribution in [3.8, 4) is 5.75 Å². The molecule has 0 bridgehead atoms. The van der Waals surface area contributed by atoms with Crippen LogP contribution in [0.1, 0.15) is 28.3 Å². The van der Waals surface area contributed by atoms with Gasteiger partial charge in [0, 0.05) is 31.0 Å². The maximum atomic E-state index is 13.3. The molecule has 1 amide bonds. The van der Waals surface area contributed by atoms with Crippen molar-refractivity contribution in [1.29, 1.82) is 0 Å². The first kappa shape index (κ1) is 25.8. The van der Waals surface area contributed by atoms with Crippen LogP contribution in [0, 0.1) is 6.92 Å². The summed E-state index contributed by atoms with van der Waals surface area (Å²) in [6.07, 6.45) is -4.56. The highest BCUT2D eigenvalue weighted by molar-refractivity contribution is 6.51. The number of halogens is 3. The number of hydrogen-bond donors (Lipinski definition) is 1. The van der Waals surface area contributed by atoms with Crippen LogP contribution in [0.4, 0.5) is 24.5 Å². The van der Waals surface area contributed by atoms with Crippen molar-refractivity contribution >= 4 is 28.8 Å². The van der Waals surface area contributed by atoms with Gasteiger partial charge in [0.15, 0.2) is 0 Å². The fourth-order valence-electron chi connectivity index (χ4n) is 4.35. The molecule has 0 aromatic heterocycles. The highest BCUT2D eigenvalue weighted by atomic mass is 19.4. The lowest BCUT2D eigenvalue weighted by Crippen LogP contribution is -2.29. The molecule has 1 unspecified atom stereocenters. The van der Waals surface area contributed by atoms with E-state index in [-0.39, 0.29) is 17.0 Å². The summed E-state index contributed by atoms with van der Waals surface area (Å²) in [6.45, 7) is 1.73. The summed E-state index contributed by atoms with van der Waals surface area (Å²) < 4.78 is 44.6. The Labute approximate surface area is 212 Å². The van der Waals surface area contributed by atoms with E-state index < -0.39 is 29.5 Å². The number of methoxy groups -OCH3 is 1. The van der Waals surface area contributed by atoms with Gasteiger partial charge in [-0.3, -0.25) is 14.5 Å². The summed E-state index contributed by atoms with van der Waals surface area (Å²) in [5, 5.41) is 11.3. The number of rotatable bonds is 5. The third-order valence-corrected chi connectivity index (χ3v) is 6.33. The van der Waals surface area contributed by atoms with E-state index in [0.29, 0.717) is 22.4 Å². The molecule has 0 spiro atoms. The summed E-state index contributed by atoms with van der Waals surface area (Å²) in [6, 6.07) is 14.9. The molecule has 1 saturated heterocycles. The van der Waals surface area contributed by atoms with Crippen molar-refractivity contribution in [2.45, 2.75) is 19.1 Å². The Morgan fingerprint density at radius 3 is 2.11 bits per heavy atom. The molecule has 37 heavy (non-hydrogen) atoms. The van der Waals surface area contributed by atoms with Crippen molar-refractivity contribution in [1.82, 2.24) is 0 Å². The van der Waals surface area contributed by atoms with E-state index in [1.54, 1.807) is 49.4 Å². The molecule has 1 atom stereocenters. The molecule has 1 aliphatic heterocycles. The largest absolute Gasteiger partial charge is 0.507 e. The fraction of sp³-hybridized carbons (Fsp3) is 0.214. The standard InChI is InChI=1S/C28H25F3N2O4/c1-16-15-21(37-4)13-14-22(16)25(34)23-24(17-5-9-19(10-6-17)32(2)3)33(27(36)26(23)35)20-11-7-18(8-12-20)28(29,30)31/h5-15,24,34H,1-4H3/b25-23-. The molecular formula is C28H25F3N2O4. The lowest BCUT2D eigenvalue weighted by Gasteiger charge is -2.26. The predicted octanol–water partition coefficient (Wildman–Crippen LogP) is 5.71. The van der Waals surface area contributed by atoms with E-state index in [4.69, 9.17) is 4.74 Å². The van der Waals surface area contributed by atoms with E-state index in [9.17, 15) is 27.9 Å². The Balaban J connectivity index is 1.91. The number of Topliss-reactive ketones (excluding diaryl/α,β-unsaturated/α-hetero) is 1. The molecule has 192 valence electrons. The van der Waals surface area contributed by atoms with Crippen LogP contribution in [-0.2, 0) is 15.8 Å². The number of anilines is 2. The molecule has 4 rings (SSSR count). The van der Waals surface area contributed by atoms with Gasteiger partial charge in [-0.2, -0.15) is 13.2 Å². The second-order valence-corrected chi connectivity index (χ2v) is 8.88. The van der Waals surface area contributed by atoms with E-state index in [0.717, 1.165) is 34.9 Å². The molecule has 1 heterocycles. The molecule has 0 aliphatic carbocycles. The summed E-state index contributed by atoms with van der Waals surface area (Å²) in [4.78, 5) is 29.6. The molecule has 1 aliphatic rings. The molecule has 1 fully saturated rings. The molecule has 9 heteroatoms. The summed E-state index contributed by atoms with van der Waals surface area (Å²) >= 11 is 0. The highest BCUT2D eigenvalue weighted by Crippen LogP contribution is 2.43. The van der Waals surface area contributed by atoms with Crippen LogP contribution in [0.25, 0.3) is 5.76 Å². The average molecular weight is 511 g/mol. The lowest BCUT2D eigenvalue weighted by atomic mass is 9.93. The van der Waals surface area contributed by atoms with Gasteiger partial charge in [0.25, 0.3) is 11.7 Å². The molecule has 0 radical (unpaired) electrons.